The molecule has 0 atom stereocenters. The van der Waals surface area contributed by atoms with Crippen LogP contribution in [0.15, 0.2) is 24.3 Å². The molecule has 0 saturated heterocycles. The summed E-state index contributed by atoms with van der Waals surface area (Å²) in [6.07, 6.45) is 4.88. The normalized spacial score (nSPS) is 10.6. The summed E-state index contributed by atoms with van der Waals surface area (Å²) in [7, 11) is 3.28. The largest absolute Gasteiger partial charge is 0.497 e. The Morgan fingerprint density at radius 3 is 2.67 bits per heavy atom. The predicted octanol–water partition coefficient (Wildman–Crippen LogP) is 3.35. The van der Waals surface area contributed by atoms with Crippen molar-refractivity contribution in [3.05, 3.63) is 29.8 Å². The van der Waals surface area contributed by atoms with E-state index in [1.807, 2.05) is 30.4 Å². The van der Waals surface area contributed by atoms with Gasteiger partial charge in [0.2, 0.25) is 0 Å². The van der Waals surface area contributed by atoms with Gasteiger partial charge >= 0.3 is 0 Å². The fraction of sp³-hybridized carbons (Fsp3) is 0.333. The van der Waals surface area contributed by atoms with Crippen LogP contribution in [0.25, 0.3) is 6.08 Å². The fourth-order valence-electron chi connectivity index (χ4n) is 1.23. The Bertz CT molecular complexity index is 334. The zero-order valence-electron chi connectivity index (χ0n) is 9.00. The van der Waals surface area contributed by atoms with Gasteiger partial charge < -0.3 is 9.47 Å². The first-order valence-electron chi connectivity index (χ1n) is 4.76. The van der Waals surface area contributed by atoms with Gasteiger partial charge in [0.15, 0.2) is 0 Å². The molecule has 0 spiro atoms. The summed E-state index contributed by atoms with van der Waals surface area (Å²) in [4.78, 5) is 0. The van der Waals surface area contributed by atoms with Crippen LogP contribution in [0.1, 0.15) is 12.0 Å². The molecule has 1 aromatic rings. The molecule has 0 unspecified atom stereocenters. The van der Waals surface area contributed by atoms with Crippen LogP contribution in [0.4, 0.5) is 0 Å². The molecule has 0 aliphatic carbocycles. The van der Waals surface area contributed by atoms with Crippen molar-refractivity contribution in [2.45, 2.75) is 6.42 Å². The maximum Gasteiger partial charge on any atom is 0.129 e. The Balaban J connectivity index is 2.87. The number of hydrogen-bond acceptors (Lipinski definition) is 2. The van der Waals surface area contributed by atoms with E-state index in [-0.39, 0.29) is 0 Å². The molecule has 0 aliphatic rings. The van der Waals surface area contributed by atoms with Gasteiger partial charge in [-0.25, -0.2) is 0 Å². The van der Waals surface area contributed by atoms with Crippen molar-refractivity contribution in [2.24, 2.45) is 0 Å². The third kappa shape index (κ3) is 3.48. The number of ether oxygens (including phenoxy) is 2. The van der Waals surface area contributed by atoms with Crippen LogP contribution in [-0.4, -0.2) is 20.1 Å². The van der Waals surface area contributed by atoms with Crippen molar-refractivity contribution in [1.29, 1.82) is 0 Å². The highest BCUT2D eigenvalue weighted by atomic mass is 35.5. The average Bonchev–Trinajstić information content (AvgIpc) is 2.29. The molecule has 0 amide bonds. The van der Waals surface area contributed by atoms with Crippen molar-refractivity contribution >= 4 is 17.7 Å². The number of hydrogen-bond donors (Lipinski definition) is 0. The lowest BCUT2D eigenvalue weighted by Gasteiger charge is -2.07. The Kier molecular flexibility index (Phi) is 5.05. The van der Waals surface area contributed by atoms with Crippen LogP contribution in [-0.2, 0) is 0 Å². The smallest absolute Gasteiger partial charge is 0.129 e. The van der Waals surface area contributed by atoms with Crippen molar-refractivity contribution < 1.29 is 9.47 Å². The van der Waals surface area contributed by atoms with E-state index in [0.717, 1.165) is 23.5 Å². The second-order valence-corrected chi connectivity index (χ2v) is 3.37. The molecule has 15 heavy (non-hydrogen) atoms. The van der Waals surface area contributed by atoms with Gasteiger partial charge in [0.25, 0.3) is 0 Å². The molecule has 0 aliphatic heterocycles. The van der Waals surface area contributed by atoms with Gasteiger partial charge in [-0.05, 0) is 18.6 Å². The lowest BCUT2D eigenvalue weighted by molar-refractivity contribution is 0.394. The van der Waals surface area contributed by atoms with Crippen molar-refractivity contribution in [1.82, 2.24) is 0 Å². The quantitative estimate of drug-likeness (QED) is 0.717. The molecule has 0 heterocycles. The van der Waals surface area contributed by atoms with Gasteiger partial charge in [-0.3, -0.25) is 0 Å². The van der Waals surface area contributed by atoms with E-state index in [9.17, 15) is 0 Å². The topological polar surface area (TPSA) is 18.5 Å². The molecular weight excluding hydrogens is 212 g/mol. The molecule has 0 bridgehead atoms. The van der Waals surface area contributed by atoms with Crippen LogP contribution in [0.5, 0.6) is 11.5 Å². The Hall–Kier alpha value is -1.15. The summed E-state index contributed by atoms with van der Waals surface area (Å²) < 4.78 is 10.4. The summed E-state index contributed by atoms with van der Waals surface area (Å²) in [5.41, 5.74) is 1.03. The van der Waals surface area contributed by atoms with Gasteiger partial charge in [-0.2, -0.15) is 0 Å². The van der Waals surface area contributed by atoms with Crippen LogP contribution in [0, 0.1) is 0 Å². The molecular formula is C12H15ClO2. The molecule has 0 fully saturated rings. The molecule has 82 valence electrons. The predicted molar refractivity (Wildman–Crippen MR) is 63.9 cm³/mol. The highest BCUT2D eigenvalue weighted by molar-refractivity contribution is 6.17. The number of methoxy groups -OCH3 is 2. The number of rotatable bonds is 5. The third-order valence-corrected chi connectivity index (χ3v) is 2.23. The maximum absolute atomic E-state index is 5.59. The first-order valence-corrected chi connectivity index (χ1v) is 5.29. The summed E-state index contributed by atoms with van der Waals surface area (Å²) in [5.74, 6) is 2.23. The summed E-state index contributed by atoms with van der Waals surface area (Å²) in [6.45, 7) is 0. The minimum absolute atomic E-state index is 0.634. The van der Waals surface area contributed by atoms with Gasteiger partial charge in [0, 0.05) is 17.5 Å². The fourth-order valence-corrected chi connectivity index (χ4v) is 1.36. The minimum atomic E-state index is 0.634. The summed E-state index contributed by atoms with van der Waals surface area (Å²) >= 11 is 5.59. The first-order chi connectivity index (χ1) is 7.31. The first kappa shape index (κ1) is 11.9. The van der Waals surface area contributed by atoms with E-state index in [0.29, 0.717) is 5.88 Å². The van der Waals surface area contributed by atoms with E-state index in [1.165, 1.54) is 0 Å². The monoisotopic (exact) mass is 226 g/mol. The van der Waals surface area contributed by atoms with Crippen molar-refractivity contribution in [2.75, 3.05) is 20.1 Å². The van der Waals surface area contributed by atoms with Crippen LogP contribution >= 0.6 is 11.6 Å². The minimum Gasteiger partial charge on any atom is -0.497 e. The van der Waals surface area contributed by atoms with E-state index in [4.69, 9.17) is 21.1 Å². The average molecular weight is 227 g/mol. The Labute approximate surface area is 95.5 Å². The Morgan fingerprint density at radius 2 is 2.07 bits per heavy atom. The third-order valence-electron chi connectivity index (χ3n) is 2.01. The Morgan fingerprint density at radius 1 is 1.27 bits per heavy atom. The molecule has 0 aromatic heterocycles. The molecule has 0 radical (unpaired) electrons. The van der Waals surface area contributed by atoms with Gasteiger partial charge in [-0.15, -0.1) is 11.6 Å². The van der Waals surface area contributed by atoms with E-state index >= 15 is 0 Å². The van der Waals surface area contributed by atoms with Crippen LogP contribution in [0.3, 0.4) is 0 Å². The van der Waals surface area contributed by atoms with E-state index < -0.39 is 0 Å². The SMILES string of the molecule is COc1ccc(/C=C/CCCl)c(OC)c1. The zero-order valence-corrected chi connectivity index (χ0v) is 9.75. The molecule has 3 heteroatoms. The number of alkyl halides is 1. The number of allylic oxidation sites excluding steroid dienone is 1. The van der Waals surface area contributed by atoms with Gasteiger partial charge in [0.1, 0.15) is 11.5 Å². The maximum atomic E-state index is 5.59. The highest BCUT2D eigenvalue weighted by Crippen LogP contribution is 2.25. The van der Waals surface area contributed by atoms with E-state index in [1.54, 1.807) is 14.2 Å². The number of halogens is 1. The lowest BCUT2D eigenvalue weighted by Crippen LogP contribution is -1.89. The van der Waals surface area contributed by atoms with Crippen molar-refractivity contribution in [3.63, 3.8) is 0 Å². The molecule has 2 nitrogen and oxygen atoms in total. The second-order valence-electron chi connectivity index (χ2n) is 2.99. The molecule has 0 saturated carbocycles. The zero-order chi connectivity index (χ0) is 11.1. The van der Waals surface area contributed by atoms with Crippen molar-refractivity contribution in [3.8, 4) is 11.5 Å². The summed E-state index contributed by atoms with van der Waals surface area (Å²) in [6, 6.07) is 5.73. The highest BCUT2D eigenvalue weighted by Gasteiger charge is 2.01. The number of benzene rings is 1. The molecule has 1 rings (SSSR count). The summed E-state index contributed by atoms with van der Waals surface area (Å²) in [5, 5.41) is 0. The molecule has 1 aromatic carbocycles. The molecule has 0 N–H and O–H groups in total. The van der Waals surface area contributed by atoms with Crippen LogP contribution < -0.4 is 9.47 Å². The standard InChI is InChI=1S/C12H15ClO2/c1-14-11-7-6-10(5-3-4-8-13)12(9-11)15-2/h3,5-7,9H,4,8H2,1-2H3/b5-3+. The lowest BCUT2D eigenvalue weighted by atomic mass is 10.1. The van der Waals surface area contributed by atoms with Gasteiger partial charge in [-0.1, -0.05) is 12.2 Å². The van der Waals surface area contributed by atoms with Gasteiger partial charge in [0.05, 0.1) is 14.2 Å². The second kappa shape index (κ2) is 6.36. The van der Waals surface area contributed by atoms with Crippen LogP contribution in [0.2, 0.25) is 0 Å². The van der Waals surface area contributed by atoms with E-state index in [2.05, 4.69) is 0 Å².